The SMILES string of the molecule is CC(C)CNCc1nnc(Nc2c(F)cccc2Cl)o1. The first kappa shape index (κ1) is 14.7. The van der Waals surface area contributed by atoms with Crippen molar-refractivity contribution in [1.82, 2.24) is 15.5 Å². The Kier molecular flexibility index (Phi) is 4.92. The molecule has 1 aromatic carbocycles. The molecule has 0 unspecified atom stereocenters. The minimum Gasteiger partial charge on any atom is -0.406 e. The van der Waals surface area contributed by atoms with Crippen LogP contribution in [0.5, 0.6) is 0 Å². The molecule has 0 atom stereocenters. The first-order valence-electron chi connectivity index (χ1n) is 6.30. The molecule has 0 amide bonds. The van der Waals surface area contributed by atoms with E-state index in [4.69, 9.17) is 16.0 Å². The van der Waals surface area contributed by atoms with Crippen molar-refractivity contribution in [1.29, 1.82) is 0 Å². The van der Waals surface area contributed by atoms with Gasteiger partial charge in [0.15, 0.2) is 0 Å². The highest BCUT2D eigenvalue weighted by Crippen LogP contribution is 2.27. The number of halogens is 2. The van der Waals surface area contributed by atoms with Gasteiger partial charge in [0.25, 0.3) is 0 Å². The number of hydrogen-bond acceptors (Lipinski definition) is 5. The van der Waals surface area contributed by atoms with Gasteiger partial charge in [-0.05, 0) is 24.6 Å². The molecule has 0 saturated carbocycles. The van der Waals surface area contributed by atoms with E-state index in [0.29, 0.717) is 18.4 Å². The van der Waals surface area contributed by atoms with Crippen LogP contribution in [0.4, 0.5) is 16.1 Å². The smallest absolute Gasteiger partial charge is 0.320 e. The van der Waals surface area contributed by atoms with Gasteiger partial charge in [0.1, 0.15) is 5.82 Å². The Labute approximate surface area is 121 Å². The summed E-state index contributed by atoms with van der Waals surface area (Å²) in [6, 6.07) is 4.51. The second-order valence-corrected chi connectivity index (χ2v) is 5.15. The Bertz CT molecular complexity index is 553. The molecule has 5 nitrogen and oxygen atoms in total. The fraction of sp³-hybridized carbons (Fsp3) is 0.385. The molecular weight excluding hydrogens is 283 g/mol. The summed E-state index contributed by atoms with van der Waals surface area (Å²) in [4.78, 5) is 0. The Morgan fingerprint density at radius 2 is 2.15 bits per heavy atom. The third kappa shape index (κ3) is 3.91. The lowest BCUT2D eigenvalue weighted by atomic mass is 10.2. The van der Waals surface area contributed by atoms with Crippen molar-refractivity contribution >= 4 is 23.3 Å². The first-order chi connectivity index (χ1) is 9.56. The average Bonchev–Trinajstić information content (AvgIpc) is 2.81. The summed E-state index contributed by atoms with van der Waals surface area (Å²) < 4.78 is 18.9. The number of hydrogen-bond donors (Lipinski definition) is 2. The molecule has 0 radical (unpaired) electrons. The van der Waals surface area contributed by atoms with Crippen LogP contribution in [0.2, 0.25) is 5.02 Å². The van der Waals surface area contributed by atoms with E-state index in [2.05, 4.69) is 34.7 Å². The van der Waals surface area contributed by atoms with Crippen LogP contribution in [-0.2, 0) is 6.54 Å². The average molecular weight is 299 g/mol. The molecule has 2 N–H and O–H groups in total. The van der Waals surface area contributed by atoms with Gasteiger partial charge in [-0.25, -0.2) is 4.39 Å². The maximum Gasteiger partial charge on any atom is 0.320 e. The Hall–Kier alpha value is -1.66. The third-order valence-electron chi connectivity index (χ3n) is 2.49. The van der Waals surface area contributed by atoms with Crippen molar-refractivity contribution in [3.8, 4) is 0 Å². The molecule has 2 aromatic rings. The van der Waals surface area contributed by atoms with Crippen LogP contribution in [0.3, 0.4) is 0 Å². The van der Waals surface area contributed by atoms with Crippen molar-refractivity contribution in [2.75, 3.05) is 11.9 Å². The first-order valence-corrected chi connectivity index (χ1v) is 6.68. The highest BCUT2D eigenvalue weighted by molar-refractivity contribution is 6.33. The Morgan fingerprint density at radius 3 is 2.85 bits per heavy atom. The van der Waals surface area contributed by atoms with Gasteiger partial charge in [-0.2, -0.15) is 0 Å². The summed E-state index contributed by atoms with van der Waals surface area (Å²) in [5.74, 6) is 0.489. The van der Waals surface area contributed by atoms with E-state index >= 15 is 0 Å². The zero-order chi connectivity index (χ0) is 14.5. The van der Waals surface area contributed by atoms with Crippen molar-refractivity contribution in [2.24, 2.45) is 5.92 Å². The maximum atomic E-state index is 13.6. The summed E-state index contributed by atoms with van der Waals surface area (Å²) in [6.07, 6.45) is 0. The molecule has 7 heteroatoms. The maximum absolute atomic E-state index is 13.6. The largest absolute Gasteiger partial charge is 0.406 e. The van der Waals surface area contributed by atoms with E-state index in [1.54, 1.807) is 6.07 Å². The fourth-order valence-electron chi connectivity index (χ4n) is 1.57. The van der Waals surface area contributed by atoms with Crippen molar-refractivity contribution in [3.63, 3.8) is 0 Å². The number of aromatic nitrogens is 2. The van der Waals surface area contributed by atoms with E-state index < -0.39 is 5.82 Å². The summed E-state index contributed by atoms with van der Waals surface area (Å²) in [6.45, 7) is 5.53. The van der Waals surface area contributed by atoms with Gasteiger partial charge in [-0.15, -0.1) is 5.10 Å². The van der Waals surface area contributed by atoms with Crippen LogP contribution in [0.15, 0.2) is 22.6 Å². The minimum atomic E-state index is -0.477. The normalized spacial score (nSPS) is 11.1. The quantitative estimate of drug-likeness (QED) is 0.856. The van der Waals surface area contributed by atoms with E-state index in [-0.39, 0.29) is 16.7 Å². The molecule has 0 aliphatic rings. The number of benzene rings is 1. The number of anilines is 2. The zero-order valence-corrected chi connectivity index (χ0v) is 12.0. The number of rotatable bonds is 6. The molecule has 1 heterocycles. The standard InChI is InChI=1S/C13H16ClFN4O/c1-8(2)6-16-7-11-18-19-13(20-11)17-12-9(14)4-3-5-10(12)15/h3-5,8,16H,6-7H2,1-2H3,(H,17,19). The Morgan fingerprint density at radius 1 is 1.35 bits per heavy atom. The van der Waals surface area contributed by atoms with Gasteiger partial charge in [-0.1, -0.05) is 36.6 Å². The number of para-hydroxylation sites is 1. The van der Waals surface area contributed by atoms with Gasteiger partial charge in [0.2, 0.25) is 5.89 Å². The minimum absolute atomic E-state index is 0.110. The lowest BCUT2D eigenvalue weighted by Gasteiger charge is -2.05. The number of nitrogens with one attached hydrogen (secondary N) is 2. The van der Waals surface area contributed by atoms with E-state index in [1.807, 2.05) is 0 Å². The molecule has 2 rings (SSSR count). The van der Waals surface area contributed by atoms with Gasteiger partial charge < -0.3 is 15.1 Å². The van der Waals surface area contributed by atoms with Crippen molar-refractivity contribution in [2.45, 2.75) is 20.4 Å². The summed E-state index contributed by atoms with van der Waals surface area (Å²) in [7, 11) is 0. The van der Waals surface area contributed by atoms with Crippen LogP contribution < -0.4 is 10.6 Å². The van der Waals surface area contributed by atoms with Crippen LogP contribution >= 0.6 is 11.6 Å². The molecule has 20 heavy (non-hydrogen) atoms. The highest BCUT2D eigenvalue weighted by atomic mass is 35.5. The monoisotopic (exact) mass is 298 g/mol. The van der Waals surface area contributed by atoms with Gasteiger partial charge in [-0.3, -0.25) is 0 Å². The topological polar surface area (TPSA) is 63.0 Å². The lowest BCUT2D eigenvalue weighted by Crippen LogP contribution is -2.19. The molecule has 108 valence electrons. The fourth-order valence-corrected chi connectivity index (χ4v) is 1.78. The zero-order valence-electron chi connectivity index (χ0n) is 11.3. The van der Waals surface area contributed by atoms with Crippen LogP contribution in [-0.4, -0.2) is 16.7 Å². The second-order valence-electron chi connectivity index (χ2n) is 4.75. The molecule has 1 aromatic heterocycles. The molecule has 0 fully saturated rings. The third-order valence-corrected chi connectivity index (χ3v) is 2.81. The summed E-state index contributed by atoms with van der Waals surface area (Å²) in [5.41, 5.74) is 0.125. The van der Waals surface area contributed by atoms with Crippen LogP contribution in [0, 0.1) is 11.7 Å². The molecule has 0 aliphatic heterocycles. The molecule has 0 saturated heterocycles. The lowest BCUT2D eigenvalue weighted by molar-refractivity contribution is 0.460. The molecular formula is C13H16ClFN4O. The molecule has 0 bridgehead atoms. The van der Waals surface area contributed by atoms with Crippen molar-refractivity contribution in [3.05, 3.63) is 34.9 Å². The van der Waals surface area contributed by atoms with Crippen LogP contribution in [0.25, 0.3) is 0 Å². The summed E-state index contributed by atoms with van der Waals surface area (Å²) in [5, 5.41) is 13.8. The molecule has 0 spiro atoms. The van der Waals surface area contributed by atoms with Crippen molar-refractivity contribution < 1.29 is 8.81 Å². The van der Waals surface area contributed by atoms with Crippen LogP contribution in [0.1, 0.15) is 19.7 Å². The van der Waals surface area contributed by atoms with Gasteiger partial charge in [0.05, 0.1) is 17.3 Å². The predicted octanol–water partition coefficient (Wildman–Crippen LogP) is 3.35. The highest BCUT2D eigenvalue weighted by Gasteiger charge is 2.11. The second kappa shape index (κ2) is 6.67. The van der Waals surface area contributed by atoms with E-state index in [0.717, 1.165) is 6.54 Å². The van der Waals surface area contributed by atoms with Gasteiger partial charge >= 0.3 is 6.01 Å². The summed E-state index contributed by atoms with van der Waals surface area (Å²) >= 11 is 5.90. The van der Waals surface area contributed by atoms with E-state index in [9.17, 15) is 4.39 Å². The number of nitrogens with zero attached hydrogens (tertiary/aromatic N) is 2. The predicted molar refractivity (Wildman–Crippen MR) is 75.5 cm³/mol. The Balaban J connectivity index is 1.99. The molecule has 0 aliphatic carbocycles. The van der Waals surface area contributed by atoms with E-state index in [1.165, 1.54) is 12.1 Å². The van der Waals surface area contributed by atoms with Gasteiger partial charge in [0, 0.05) is 0 Å².